The highest BCUT2D eigenvalue weighted by Gasteiger charge is 2.49. The lowest BCUT2D eigenvalue weighted by Gasteiger charge is -2.36. The molecule has 1 saturated carbocycles. The molecule has 0 bridgehead atoms. The molecule has 2 heteroatoms. The number of ketones is 1. The van der Waals surface area contributed by atoms with Gasteiger partial charge < -0.3 is 5.11 Å². The molecule has 0 aromatic rings. The predicted molar refractivity (Wildman–Crippen MR) is 183 cm³/mol. The largest absolute Gasteiger partial charge is 0.393 e. The van der Waals surface area contributed by atoms with E-state index in [-0.39, 0.29) is 28.1 Å². The van der Waals surface area contributed by atoms with Crippen LogP contribution >= 0.6 is 0 Å². The van der Waals surface area contributed by atoms with Crippen molar-refractivity contribution in [2.24, 2.45) is 16.2 Å². The van der Waals surface area contributed by atoms with Gasteiger partial charge in [0, 0.05) is 5.41 Å². The Hall–Kier alpha value is -2.97. The van der Waals surface area contributed by atoms with Crippen LogP contribution in [0.25, 0.3) is 0 Å². The highest BCUT2D eigenvalue weighted by Crippen LogP contribution is 2.53. The van der Waals surface area contributed by atoms with Gasteiger partial charge in [0.25, 0.3) is 0 Å². The summed E-state index contributed by atoms with van der Waals surface area (Å²) in [4.78, 5) is 12.9. The van der Waals surface area contributed by atoms with Crippen LogP contribution in [0.3, 0.4) is 0 Å². The number of carbonyl (C=O) groups is 1. The summed E-state index contributed by atoms with van der Waals surface area (Å²) in [5.74, 6) is 0.248. The van der Waals surface area contributed by atoms with Crippen LogP contribution in [0.2, 0.25) is 0 Å². The minimum Gasteiger partial charge on any atom is -0.393 e. The maximum Gasteiger partial charge on any atom is 0.162 e. The van der Waals surface area contributed by atoms with Crippen LogP contribution in [0.1, 0.15) is 101 Å². The second-order valence-corrected chi connectivity index (χ2v) is 14.0. The van der Waals surface area contributed by atoms with E-state index in [1.807, 2.05) is 25.2 Å². The fraction of sp³-hybridized carbons (Fsp3) is 0.475. The summed E-state index contributed by atoms with van der Waals surface area (Å²) in [5, 5.41) is 10.1. The van der Waals surface area contributed by atoms with Gasteiger partial charge in [-0.05, 0) is 82.8 Å². The number of rotatable bonds is 11. The number of hydrogen-bond donors (Lipinski definition) is 1. The fourth-order valence-corrected chi connectivity index (χ4v) is 6.08. The van der Waals surface area contributed by atoms with Crippen molar-refractivity contribution < 1.29 is 9.90 Å². The second kappa shape index (κ2) is 15.5. The predicted octanol–water partition coefficient (Wildman–Crippen LogP) is 10.8. The maximum atomic E-state index is 12.9. The molecule has 0 heterocycles. The van der Waals surface area contributed by atoms with E-state index in [9.17, 15) is 9.90 Å². The zero-order chi connectivity index (χ0) is 31.6. The number of allylic oxidation sites excluding steroid dienone is 19. The lowest BCUT2D eigenvalue weighted by atomic mass is 9.66. The first-order chi connectivity index (χ1) is 19.6. The van der Waals surface area contributed by atoms with E-state index in [0.717, 1.165) is 43.3 Å². The molecule has 0 amide bonds. The quantitative estimate of drug-likeness (QED) is 0.199. The van der Waals surface area contributed by atoms with Gasteiger partial charge in [-0.1, -0.05) is 148 Å². The molecule has 1 N–H and O–H groups in total. The van der Waals surface area contributed by atoms with Crippen molar-refractivity contribution in [2.75, 3.05) is 0 Å². The summed E-state index contributed by atoms with van der Waals surface area (Å²) < 4.78 is 0. The van der Waals surface area contributed by atoms with E-state index in [2.05, 4.69) is 123 Å². The Morgan fingerprint density at radius 2 is 1.21 bits per heavy atom. The summed E-state index contributed by atoms with van der Waals surface area (Å²) >= 11 is 0. The first-order valence-corrected chi connectivity index (χ1v) is 15.6. The fourth-order valence-electron chi connectivity index (χ4n) is 6.08. The summed E-state index contributed by atoms with van der Waals surface area (Å²) in [7, 11) is 0. The Bertz CT molecular complexity index is 1280. The average Bonchev–Trinajstić information content (AvgIpc) is 3.16. The Kier molecular flexibility index (Phi) is 13.0. The second-order valence-electron chi connectivity index (χ2n) is 14.0. The van der Waals surface area contributed by atoms with Crippen molar-refractivity contribution in [3.05, 3.63) is 119 Å². The van der Waals surface area contributed by atoms with Crippen LogP contribution < -0.4 is 0 Å². The van der Waals surface area contributed by atoms with Crippen molar-refractivity contribution in [1.29, 1.82) is 0 Å². The third-order valence-corrected chi connectivity index (χ3v) is 9.27. The third kappa shape index (κ3) is 10.4. The molecule has 0 aliphatic heterocycles. The summed E-state index contributed by atoms with van der Waals surface area (Å²) in [6, 6.07) is 0. The minimum absolute atomic E-state index is 0.00203. The van der Waals surface area contributed by atoms with Gasteiger partial charge in [-0.2, -0.15) is 0 Å². The molecule has 42 heavy (non-hydrogen) atoms. The van der Waals surface area contributed by atoms with Crippen LogP contribution in [-0.2, 0) is 4.79 Å². The molecule has 0 radical (unpaired) electrons. The molecular formula is C40H56O2. The molecule has 0 saturated heterocycles. The van der Waals surface area contributed by atoms with Gasteiger partial charge in [-0.25, -0.2) is 0 Å². The monoisotopic (exact) mass is 568 g/mol. The maximum absolute atomic E-state index is 12.9. The van der Waals surface area contributed by atoms with Gasteiger partial charge in [0.05, 0.1) is 6.10 Å². The van der Waals surface area contributed by atoms with Crippen molar-refractivity contribution in [3.8, 4) is 0 Å². The molecule has 2 aliphatic carbocycles. The molecule has 0 spiro atoms. The minimum atomic E-state index is -0.253. The van der Waals surface area contributed by atoms with Crippen LogP contribution in [0.4, 0.5) is 0 Å². The molecule has 2 nitrogen and oxygen atoms in total. The molecule has 1 fully saturated rings. The molecule has 2 aliphatic rings. The highest BCUT2D eigenvalue weighted by atomic mass is 16.3. The summed E-state index contributed by atoms with van der Waals surface area (Å²) in [5.41, 5.74) is 7.04. The van der Waals surface area contributed by atoms with E-state index in [4.69, 9.17) is 0 Å². The highest BCUT2D eigenvalue weighted by molar-refractivity contribution is 5.95. The zero-order valence-electron chi connectivity index (χ0n) is 28.1. The van der Waals surface area contributed by atoms with Crippen LogP contribution in [0, 0.1) is 16.2 Å². The molecule has 2 atom stereocenters. The Morgan fingerprint density at radius 3 is 1.71 bits per heavy atom. The number of hydrogen-bond acceptors (Lipinski definition) is 2. The Morgan fingerprint density at radius 1 is 0.714 bits per heavy atom. The van der Waals surface area contributed by atoms with Crippen molar-refractivity contribution in [1.82, 2.24) is 0 Å². The molecule has 228 valence electrons. The Labute approximate surface area is 257 Å². The molecule has 0 unspecified atom stereocenters. The molecule has 0 aromatic heterocycles. The normalized spacial score (nSPS) is 26.3. The third-order valence-electron chi connectivity index (χ3n) is 9.27. The van der Waals surface area contributed by atoms with Gasteiger partial charge in [0.2, 0.25) is 0 Å². The average molecular weight is 569 g/mol. The summed E-state index contributed by atoms with van der Waals surface area (Å²) in [6.07, 6.45) is 33.5. The van der Waals surface area contributed by atoms with Crippen molar-refractivity contribution in [2.45, 2.75) is 107 Å². The standard InChI is InChI=1S/C40H56O2/c1-30(18-13-20-32(3)22-24-36-34(5)28-35(41)29-38(36,6)7)16-11-12-17-31(2)19-14-21-33(4)23-25-37(42)40(10)27-15-26-39(40,8)9/h11-14,16-25,35,41H,15,26-29H2,1-10H3/b12-11+,18-13+,19-14+,24-22+,25-23+,30-16+,31-17+,32-20+,33-21+/t35-,40+/m1/s1. The first-order valence-electron chi connectivity index (χ1n) is 15.6. The van der Waals surface area contributed by atoms with E-state index >= 15 is 0 Å². The van der Waals surface area contributed by atoms with Crippen LogP contribution in [0.15, 0.2) is 119 Å². The number of carbonyl (C=O) groups excluding carboxylic acids is 1. The lowest BCUT2D eigenvalue weighted by Crippen LogP contribution is -2.36. The lowest BCUT2D eigenvalue weighted by molar-refractivity contribution is -0.127. The van der Waals surface area contributed by atoms with Gasteiger partial charge in [-0.3, -0.25) is 4.79 Å². The zero-order valence-corrected chi connectivity index (χ0v) is 28.1. The summed E-state index contributed by atoms with van der Waals surface area (Å²) in [6.45, 7) is 21.5. The van der Waals surface area contributed by atoms with Crippen molar-refractivity contribution in [3.63, 3.8) is 0 Å². The SMILES string of the molecule is CC1=C(/C=C/C(C)=C/C=C/C(C)=C/C=C/C=C(C)/C=C/C=C(C)/C=C/C(=O)[C@]2(C)CCCC2(C)C)C(C)(C)C[C@H](O)C1. The molecular weight excluding hydrogens is 512 g/mol. The van der Waals surface area contributed by atoms with Gasteiger partial charge in [0.15, 0.2) is 5.78 Å². The van der Waals surface area contributed by atoms with E-state index in [0.29, 0.717) is 0 Å². The number of aliphatic hydroxyl groups is 1. The van der Waals surface area contributed by atoms with Crippen LogP contribution in [-0.4, -0.2) is 17.0 Å². The number of aliphatic hydroxyl groups excluding tert-OH is 1. The smallest absolute Gasteiger partial charge is 0.162 e. The van der Waals surface area contributed by atoms with E-state index in [1.54, 1.807) is 6.08 Å². The van der Waals surface area contributed by atoms with Crippen LogP contribution in [0.5, 0.6) is 0 Å². The van der Waals surface area contributed by atoms with Crippen molar-refractivity contribution >= 4 is 5.78 Å². The van der Waals surface area contributed by atoms with Gasteiger partial charge >= 0.3 is 0 Å². The molecule has 2 rings (SSSR count). The van der Waals surface area contributed by atoms with E-state index < -0.39 is 0 Å². The topological polar surface area (TPSA) is 37.3 Å². The Balaban J connectivity index is 1.88. The molecule has 0 aromatic carbocycles. The first kappa shape index (κ1) is 35.2. The van der Waals surface area contributed by atoms with Gasteiger partial charge in [0.1, 0.15) is 0 Å². The van der Waals surface area contributed by atoms with Gasteiger partial charge in [-0.15, -0.1) is 0 Å². The van der Waals surface area contributed by atoms with E-state index in [1.165, 1.54) is 22.3 Å².